The van der Waals surface area contributed by atoms with Gasteiger partial charge in [-0.2, -0.15) is 0 Å². The van der Waals surface area contributed by atoms with Gasteiger partial charge < -0.3 is 195 Å². The first-order valence-corrected chi connectivity index (χ1v) is 48.0. The first-order chi connectivity index (χ1) is 64.6. The summed E-state index contributed by atoms with van der Waals surface area (Å²) >= 11 is 0. The molecular formula is C90H156N4O42. The van der Waals surface area contributed by atoms with E-state index in [-0.39, 0.29) is 12.8 Å². The zero-order chi connectivity index (χ0) is 101. The molecule has 6 rings (SSSR count). The molecule has 0 bridgehead atoms. The Kier molecular flexibility index (Phi) is 52.1. The van der Waals surface area contributed by atoms with Crippen LogP contribution in [0.5, 0.6) is 0 Å². The summed E-state index contributed by atoms with van der Waals surface area (Å²) in [5, 5.41) is 261. The van der Waals surface area contributed by atoms with Crippen molar-refractivity contribution in [2.24, 2.45) is 5.92 Å². The minimum Gasteiger partial charge on any atom is -0.477 e. The van der Waals surface area contributed by atoms with Gasteiger partial charge in [-0.25, -0.2) is 14.4 Å². The van der Waals surface area contributed by atoms with Crippen molar-refractivity contribution in [2.45, 2.75) is 454 Å². The monoisotopic (exact) mass is 1970 g/mol. The second kappa shape index (κ2) is 59.5. The highest BCUT2D eigenvalue weighted by atomic mass is 16.8. The van der Waals surface area contributed by atoms with Crippen molar-refractivity contribution in [3.05, 3.63) is 12.2 Å². The summed E-state index contributed by atoms with van der Waals surface area (Å²) in [6.07, 6.45) is -34.5. The Morgan fingerprint density at radius 2 is 0.801 bits per heavy atom. The number of allylic oxidation sites excluding steroid dienone is 2. The molecule has 26 N–H and O–H groups in total. The van der Waals surface area contributed by atoms with Crippen molar-refractivity contribution in [1.29, 1.82) is 0 Å². The Labute approximate surface area is 791 Å². The first-order valence-electron chi connectivity index (χ1n) is 48.0. The zero-order valence-electron chi connectivity index (χ0n) is 78.7. The molecule has 0 aliphatic carbocycles. The van der Waals surface area contributed by atoms with Crippen molar-refractivity contribution >= 4 is 47.3 Å². The summed E-state index contributed by atoms with van der Waals surface area (Å²) in [6.45, 7) is -0.546. The third-order valence-electron chi connectivity index (χ3n) is 25.8. The van der Waals surface area contributed by atoms with Crippen LogP contribution in [-0.2, 0) is 95.2 Å². The lowest BCUT2D eigenvalue weighted by molar-refractivity contribution is -0.404. The molecule has 0 saturated carbocycles. The largest absolute Gasteiger partial charge is 0.477 e. The van der Waals surface area contributed by atoms with Crippen LogP contribution in [-0.4, -0.2) is 413 Å². The lowest BCUT2D eigenvalue weighted by Crippen LogP contribution is -2.72. The predicted octanol–water partition coefficient (Wildman–Crippen LogP) is -3.43. The molecule has 4 amide bonds. The number of carboxylic acids is 3. The van der Waals surface area contributed by atoms with Gasteiger partial charge in [0.1, 0.15) is 122 Å². The summed E-state index contributed by atoms with van der Waals surface area (Å²) in [5.74, 6) is -23.5. The molecule has 46 heteroatoms. The average molecular weight is 1970 g/mol. The number of ether oxygens (including phenoxy) is 12. The third kappa shape index (κ3) is 34.4. The first kappa shape index (κ1) is 119. The lowest BCUT2D eigenvalue weighted by atomic mass is 9.86. The molecule has 0 aromatic rings. The Balaban J connectivity index is 1.32. The van der Waals surface area contributed by atoms with Crippen LogP contribution in [0.4, 0.5) is 0 Å². The van der Waals surface area contributed by atoms with Crippen molar-refractivity contribution in [3.8, 4) is 0 Å². The maximum atomic E-state index is 14.4. The van der Waals surface area contributed by atoms with Crippen LogP contribution in [0.2, 0.25) is 0 Å². The number of Topliss-reactive ketones (excluding diaryl/α,β-unsaturated/α-hetero) is 1. The van der Waals surface area contributed by atoms with Gasteiger partial charge in [0.15, 0.2) is 18.9 Å². The highest BCUT2D eigenvalue weighted by Crippen LogP contribution is 2.45. The summed E-state index contributed by atoms with van der Waals surface area (Å²) in [6, 6.07) is -7.21. The van der Waals surface area contributed by atoms with E-state index >= 15 is 0 Å². The molecule has 6 fully saturated rings. The van der Waals surface area contributed by atoms with E-state index in [1.165, 1.54) is 77.0 Å². The SMILES string of the molecule is CCCCCCCC/C=C\CCCCCCCC(=O)N[C@@H](CO[C@@H]1O[C@H](CO)[C@@H](O[C@@H]2O[C@H](CO)[C@H](O[C@@H]3O[C@H](CO)[C@H](O)[C@H](O)[C@H]3CC(C)=O)[C@H](O[C@]3(C(=O)O)C[C@H](O)[C@@H](NC(C)=O)C([C@H](O)[C@@H](CO)O[C@]4(C(=O)O)C[C@H](O)[C@@H](NC(C)=O)C([C@H](O)[C@@H](CO)O[C@]5(C(=O)O)C[C@H](O)[C@@H](NC(C)=O)C([C@H](O)[C@H](O)CO)O5)O4)O3)[C@H]2O)[C@H](O)[C@H]1O)[C@H](O)CCCCCCCCCCCCCCC. The standard InChI is InChI=1S/C90H156N4O42/c1-7-9-11-13-15-17-19-21-22-24-26-28-30-32-34-36-64(110)94-53(54(105)35-33-31-29-27-25-23-20-18-16-14-12-10-8-2)47-125-83-74(117)73(116)76(62(45-99)127-83)129-84-75(118)81(77(63(46-100)128-84)130-82-52(37-48(3)101)68(111)70(113)59(42-96)126-82)136-90(87(123)124)40-57(108)67(93-51(6)104)80(135-90)72(115)61(44-98)132-89(86(121)122)39-56(107)66(92-50(5)103)79(134-89)71(114)60(43-97)131-88(85(119)120)38-55(106)65(91-49(4)102)78(133-88)69(112)58(109)41-95/h21-22,52-63,65-84,95-100,105-109,111-118H,7-20,23-47H2,1-6H3,(H,91,102)(H,92,103)(H,93,104)(H,94,110)(H,119,120)(H,121,122)(H,123,124)/b22-21-/t52-,53+,54-,55+,56+,57+,58-,59-,60-,61-,62-,63-,65-,66-,67-,68-,69-,70+,71-,72-,73-,74-,75-,76-,77+,78?,79?,80?,81-,82+,83-,84+,88-,89-,90+/m1/s1. The van der Waals surface area contributed by atoms with Gasteiger partial charge in [-0.15, -0.1) is 0 Å². The van der Waals surface area contributed by atoms with Gasteiger partial charge in [-0.3, -0.25) is 19.2 Å². The molecule has 6 saturated heterocycles. The minimum atomic E-state index is -3.71. The van der Waals surface area contributed by atoms with Gasteiger partial charge in [0.2, 0.25) is 23.6 Å². The molecule has 0 aromatic carbocycles. The summed E-state index contributed by atoms with van der Waals surface area (Å²) in [4.78, 5) is 107. The van der Waals surface area contributed by atoms with Crippen LogP contribution in [0.1, 0.15) is 247 Å². The number of aliphatic hydroxyl groups excluding tert-OH is 19. The predicted molar refractivity (Wildman–Crippen MR) is 470 cm³/mol. The maximum absolute atomic E-state index is 14.4. The number of hydrogen-bond donors (Lipinski definition) is 26. The molecule has 136 heavy (non-hydrogen) atoms. The van der Waals surface area contributed by atoms with Gasteiger partial charge >= 0.3 is 17.9 Å². The Bertz CT molecular complexity index is 3570. The van der Waals surface area contributed by atoms with Crippen LogP contribution >= 0.6 is 0 Å². The fourth-order valence-corrected chi connectivity index (χ4v) is 18.3. The van der Waals surface area contributed by atoms with Crippen molar-refractivity contribution in [2.75, 3.05) is 46.2 Å². The fourth-order valence-electron chi connectivity index (χ4n) is 18.3. The number of aliphatic hydroxyl groups is 19. The van der Waals surface area contributed by atoms with E-state index < -0.39 is 332 Å². The maximum Gasteiger partial charge on any atom is 0.364 e. The van der Waals surface area contributed by atoms with Crippen LogP contribution in [0.25, 0.3) is 0 Å². The Morgan fingerprint density at radius 3 is 1.22 bits per heavy atom. The van der Waals surface area contributed by atoms with E-state index in [4.69, 9.17) is 56.8 Å². The summed E-state index contributed by atoms with van der Waals surface area (Å²) in [5.41, 5.74) is 0. The van der Waals surface area contributed by atoms with Gasteiger partial charge in [-0.05, 0) is 45.4 Å². The Morgan fingerprint density at radius 1 is 0.412 bits per heavy atom. The third-order valence-corrected chi connectivity index (χ3v) is 25.8. The van der Waals surface area contributed by atoms with Gasteiger partial charge in [0.25, 0.3) is 17.4 Å². The number of rotatable bonds is 64. The molecule has 0 aromatic heterocycles. The van der Waals surface area contributed by atoms with E-state index in [0.29, 0.717) is 12.8 Å². The smallest absolute Gasteiger partial charge is 0.364 e. The van der Waals surface area contributed by atoms with Crippen LogP contribution in [0.15, 0.2) is 12.2 Å². The highest BCUT2D eigenvalue weighted by molar-refractivity contribution is 5.79. The van der Waals surface area contributed by atoms with Crippen LogP contribution < -0.4 is 21.3 Å². The van der Waals surface area contributed by atoms with Crippen LogP contribution in [0, 0.1) is 5.92 Å². The molecule has 3 unspecified atom stereocenters. The van der Waals surface area contributed by atoms with Crippen molar-refractivity contribution in [1.82, 2.24) is 21.3 Å². The zero-order valence-corrected chi connectivity index (χ0v) is 78.7. The van der Waals surface area contributed by atoms with Gasteiger partial charge in [-0.1, -0.05) is 161 Å². The number of unbranched alkanes of at least 4 members (excludes halogenated alkanes) is 23. The fraction of sp³-hybridized carbons (Fsp3) is 0.889. The van der Waals surface area contributed by atoms with E-state index in [2.05, 4.69) is 47.3 Å². The van der Waals surface area contributed by atoms with E-state index in [1.807, 2.05) is 0 Å². The number of hydrogen-bond acceptors (Lipinski definition) is 39. The number of carbonyl (C=O) groups excluding carboxylic acids is 5. The van der Waals surface area contributed by atoms with Crippen molar-refractivity contribution in [3.63, 3.8) is 0 Å². The van der Waals surface area contributed by atoms with E-state index in [9.17, 15) is 151 Å². The molecule has 0 radical (unpaired) electrons. The van der Waals surface area contributed by atoms with E-state index in [1.54, 1.807) is 0 Å². The van der Waals surface area contributed by atoms with Crippen molar-refractivity contribution < 1.29 is 208 Å². The Hall–Kier alpha value is -5.54. The molecule has 6 aliphatic rings. The van der Waals surface area contributed by atoms with Crippen LogP contribution in [0.3, 0.4) is 0 Å². The number of carboxylic acid groups (broad SMARTS) is 3. The number of ketones is 1. The van der Waals surface area contributed by atoms with E-state index in [0.717, 1.165) is 105 Å². The number of aliphatic carboxylic acids is 3. The number of carbonyl (C=O) groups is 8. The molecular weight excluding hydrogens is 1810 g/mol. The number of amides is 4. The van der Waals surface area contributed by atoms with Gasteiger partial charge in [0, 0.05) is 58.8 Å². The molecule has 35 atom stereocenters. The number of nitrogens with one attached hydrogen (secondary N) is 4. The summed E-state index contributed by atoms with van der Waals surface area (Å²) < 4.78 is 72.0. The highest BCUT2D eigenvalue weighted by Gasteiger charge is 2.65. The molecule has 6 heterocycles. The topological polar surface area (TPSA) is 741 Å². The van der Waals surface area contributed by atoms with Gasteiger partial charge in [0.05, 0.1) is 101 Å². The summed E-state index contributed by atoms with van der Waals surface area (Å²) in [7, 11) is 0. The average Bonchev–Trinajstić information content (AvgIpc) is 0.732. The second-order valence-electron chi connectivity index (χ2n) is 36.7. The molecule has 46 nitrogen and oxygen atoms in total. The molecule has 0 spiro atoms. The quantitative estimate of drug-likeness (QED) is 0.0208. The normalized spacial score (nSPS) is 34.0. The minimum absolute atomic E-state index is 0.0930. The molecule has 6 aliphatic heterocycles. The molecule has 788 valence electrons. The lowest BCUT2D eigenvalue weighted by Gasteiger charge is -2.53. The second-order valence-corrected chi connectivity index (χ2v) is 36.7.